The second kappa shape index (κ2) is 6.09. The molecule has 4 aliphatic rings. The predicted molar refractivity (Wildman–Crippen MR) is 111 cm³/mol. The monoisotopic (exact) mass is 406 g/mol. The lowest BCUT2D eigenvalue weighted by atomic mass is 9.42. The van der Waals surface area contributed by atoms with Crippen LogP contribution in [0.1, 0.15) is 61.3 Å². The quantitative estimate of drug-likeness (QED) is 0.697. The van der Waals surface area contributed by atoms with Gasteiger partial charge in [0.15, 0.2) is 5.79 Å². The molecule has 0 amide bonds. The zero-order chi connectivity index (χ0) is 21.6. The maximum Gasteiger partial charge on any atom is 0.163 e. The molecule has 0 aromatic carbocycles. The van der Waals surface area contributed by atoms with Crippen LogP contribution in [0.5, 0.6) is 0 Å². The Hall–Kier alpha value is -0.880. The number of hydrogen-bond acceptors (Lipinski definition) is 5. The Balaban J connectivity index is 1.99. The van der Waals surface area contributed by atoms with Gasteiger partial charge in [-0.3, -0.25) is 0 Å². The van der Waals surface area contributed by atoms with Crippen molar-refractivity contribution in [1.82, 2.24) is 0 Å². The van der Waals surface area contributed by atoms with E-state index in [4.69, 9.17) is 18.9 Å². The van der Waals surface area contributed by atoms with E-state index in [2.05, 4.69) is 34.3 Å². The molecule has 3 fully saturated rings. The van der Waals surface area contributed by atoms with Gasteiger partial charge in [-0.2, -0.15) is 0 Å². The standard InChI is InChI=1S/C24H38O5/c1-10-22(6)13-14(26-9)17-23(7)15(25)11-12-20(2,3)18(23)16-19(24(17,8)29-22)28-21(4,5)27-16/h10,13,15-19,25H,1,11-12H2,2-9H3/t15-,16+,17+,18+,19+,22+,23-,24+/m1/s1. The summed E-state index contributed by atoms with van der Waals surface area (Å²) < 4.78 is 25.9. The molecule has 0 unspecified atom stereocenters. The van der Waals surface area contributed by atoms with Crippen LogP contribution in [0.4, 0.5) is 0 Å². The van der Waals surface area contributed by atoms with Crippen LogP contribution in [0.3, 0.4) is 0 Å². The summed E-state index contributed by atoms with van der Waals surface area (Å²) in [6.07, 6.45) is 4.60. The third-order valence-corrected chi connectivity index (χ3v) is 8.30. The number of ether oxygens (including phenoxy) is 4. The van der Waals surface area contributed by atoms with Gasteiger partial charge in [0.1, 0.15) is 23.1 Å². The second-order valence-corrected chi connectivity index (χ2v) is 11.3. The average molecular weight is 407 g/mol. The number of hydrogen-bond donors (Lipinski definition) is 1. The topological polar surface area (TPSA) is 57.2 Å². The average Bonchev–Trinajstić information content (AvgIpc) is 2.93. The van der Waals surface area contributed by atoms with E-state index in [0.717, 1.165) is 18.6 Å². The first-order valence-corrected chi connectivity index (χ1v) is 10.9. The van der Waals surface area contributed by atoms with Gasteiger partial charge in [0, 0.05) is 11.3 Å². The SMILES string of the molecule is C=C[C@@]1(C)C=C(OC)[C@@H]2[C@](C)(O1)[C@H]1OC(C)(C)O[C@H]1[C@H]1C(C)(C)CC[C@@H](O)[C@]21C. The van der Waals surface area contributed by atoms with Crippen molar-refractivity contribution in [3.05, 3.63) is 24.5 Å². The van der Waals surface area contributed by atoms with Crippen LogP contribution < -0.4 is 0 Å². The van der Waals surface area contributed by atoms with Crippen molar-refractivity contribution in [2.24, 2.45) is 22.7 Å². The van der Waals surface area contributed by atoms with Crippen molar-refractivity contribution < 1.29 is 24.1 Å². The van der Waals surface area contributed by atoms with Crippen molar-refractivity contribution in [2.45, 2.75) is 96.6 Å². The van der Waals surface area contributed by atoms with Crippen molar-refractivity contribution >= 4 is 0 Å². The molecule has 0 aromatic heterocycles. The van der Waals surface area contributed by atoms with E-state index in [-0.39, 0.29) is 29.5 Å². The minimum atomic E-state index is -0.735. The molecule has 0 spiro atoms. The maximum absolute atomic E-state index is 11.4. The molecule has 0 aromatic rings. The zero-order valence-corrected chi connectivity index (χ0v) is 19.2. The molecule has 164 valence electrons. The molecular weight excluding hydrogens is 368 g/mol. The van der Waals surface area contributed by atoms with Crippen LogP contribution in [-0.2, 0) is 18.9 Å². The van der Waals surface area contributed by atoms with Gasteiger partial charge in [-0.15, -0.1) is 0 Å². The fourth-order valence-corrected chi connectivity index (χ4v) is 7.31. The summed E-state index contributed by atoms with van der Waals surface area (Å²) in [5, 5.41) is 11.4. The van der Waals surface area contributed by atoms with E-state index < -0.39 is 28.5 Å². The molecule has 2 heterocycles. The van der Waals surface area contributed by atoms with Crippen LogP contribution >= 0.6 is 0 Å². The summed E-state index contributed by atoms with van der Waals surface area (Å²) in [6, 6.07) is 0. The minimum absolute atomic E-state index is 0.0138. The molecule has 2 aliphatic carbocycles. The van der Waals surface area contributed by atoms with Crippen molar-refractivity contribution in [1.29, 1.82) is 0 Å². The number of fused-ring (bicyclic) bond motifs is 6. The van der Waals surface area contributed by atoms with Crippen molar-refractivity contribution in [3.63, 3.8) is 0 Å². The maximum atomic E-state index is 11.4. The summed E-state index contributed by atoms with van der Waals surface area (Å²) in [5.41, 5.74) is -1.91. The summed E-state index contributed by atoms with van der Waals surface area (Å²) in [7, 11) is 1.71. The van der Waals surface area contributed by atoms with E-state index in [1.807, 2.05) is 26.8 Å². The van der Waals surface area contributed by atoms with Crippen LogP contribution in [0.15, 0.2) is 24.5 Å². The number of aliphatic hydroxyl groups is 1. The van der Waals surface area contributed by atoms with Gasteiger partial charge in [0.05, 0.1) is 25.2 Å². The number of methoxy groups -OCH3 is 1. The normalized spacial score (nSPS) is 52.6. The van der Waals surface area contributed by atoms with Crippen molar-refractivity contribution in [3.8, 4) is 0 Å². The zero-order valence-electron chi connectivity index (χ0n) is 19.2. The summed E-state index contributed by atoms with van der Waals surface area (Å²) in [4.78, 5) is 0. The third kappa shape index (κ3) is 2.73. The lowest BCUT2D eigenvalue weighted by molar-refractivity contribution is -0.294. The lowest BCUT2D eigenvalue weighted by Gasteiger charge is -2.67. The van der Waals surface area contributed by atoms with Crippen molar-refractivity contribution in [2.75, 3.05) is 7.11 Å². The Morgan fingerprint density at radius 1 is 1.14 bits per heavy atom. The van der Waals surface area contributed by atoms with E-state index >= 15 is 0 Å². The first kappa shape index (κ1) is 21.4. The fraction of sp³-hybridized carbons (Fsp3) is 0.833. The molecule has 0 radical (unpaired) electrons. The Bertz CT molecular complexity index is 742. The molecule has 0 bridgehead atoms. The first-order chi connectivity index (χ1) is 13.2. The molecule has 8 atom stereocenters. The third-order valence-electron chi connectivity index (χ3n) is 8.30. The van der Waals surface area contributed by atoms with E-state index in [1.165, 1.54) is 0 Å². The highest BCUT2D eigenvalue weighted by Crippen LogP contribution is 2.68. The van der Waals surface area contributed by atoms with Crippen LogP contribution in [0.25, 0.3) is 0 Å². The molecule has 5 nitrogen and oxygen atoms in total. The molecule has 2 aliphatic heterocycles. The van der Waals surface area contributed by atoms with Crippen LogP contribution in [-0.4, -0.2) is 47.5 Å². The van der Waals surface area contributed by atoms with Gasteiger partial charge < -0.3 is 24.1 Å². The minimum Gasteiger partial charge on any atom is -0.501 e. The Labute approximate surface area is 175 Å². The smallest absolute Gasteiger partial charge is 0.163 e. The molecule has 1 saturated heterocycles. The fourth-order valence-electron chi connectivity index (χ4n) is 7.31. The van der Waals surface area contributed by atoms with Crippen LogP contribution in [0.2, 0.25) is 0 Å². The number of aliphatic hydroxyl groups excluding tert-OH is 1. The Morgan fingerprint density at radius 3 is 2.38 bits per heavy atom. The van der Waals surface area contributed by atoms with Gasteiger partial charge >= 0.3 is 0 Å². The Kier molecular flexibility index (Phi) is 4.48. The van der Waals surface area contributed by atoms with Gasteiger partial charge in [-0.25, -0.2) is 0 Å². The van der Waals surface area contributed by atoms with Gasteiger partial charge in [0.2, 0.25) is 0 Å². The highest BCUT2D eigenvalue weighted by atomic mass is 16.8. The summed E-state index contributed by atoms with van der Waals surface area (Å²) in [5.74, 6) is 0.0666. The second-order valence-electron chi connectivity index (χ2n) is 11.3. The summed E-state index contributed by atoms with van der Waals surface area (Å²) >= 11 is 0. The van der Waals surface area contributed by atoms with Gasteiger partial charge in [-0.05, 0) is 52.0 Å². The predicted octanol–water partition coefficient (Wildman–Crippen LogP) is 4.20. The molecular formula is C24H38O5. The first-order valence-electron chi connectivity index (χ1n) is 10.9. The van der Waals surface area contributed by atoms with E-state index in [9.17, 15) is 5.11 Å². The van der Waals surface area contributed by atoms with Gasteiger partial charge in [-0.1, -0.05) is 33.4 Å². The highest BCUT2D eigenvalue weighted by Gasteiger charge is 2.75. The molecule has 4 rings (SSSR count). The molecule has 1 N–H and O–H groups in total. The van der Waals surface area contributed by atoms with Crippen LogP contribution in [0, 0.1) is 22.7 Å². The van der Waals surface area contributed by atoms with E-state index in [1.54, 1.807) is 13.2 Å². The molecule has 5 heteroatoms. The molecule has 2 saturated carbocycles. The lowest BCUT2D eigenvalue weighted by Crippen LogP contribution is -2.74. The Morgan fingerprint density at radius 2 is 1.79 bits per heavy atom. The highest BCUT2D eigenvalue weighted by molar-refractivity contribution is 5.32. The number of rotatable bonds is 2. The molecule has 29 heavy (non-hydrogen) atoms. The largest absolute Gasteiger partial charge is 0.501 e. The summed E-state index contributed by atoms with van der Waals surface area (Å²) in [6.45, 7) is 18.8. The van der Waals surface area contributed by atoms with Gasteiger partial charge in [0.25, 0.3) is 0 Å². The van der Waals surface area contributed by atoms with E-state index in [0.29, 0.717) is 0 Å².